The smallest absolute Gasteiger partial charge is 0.320 e. The van der Waals surface area contributed by atoms with Crippen LogP contribution in [0.1, 0.15) is 19.3 Å². The Bertz CT molecular complexity index is 366. The van der Waals surface area contributed by atoms with Gasteiger partial charge in [-0.3, -0.25) is 4.79 Å². The zero-order chi connectivity index (χ0) is 13.6. The molecular weight excluding hydrogens is 262 g/mol. The lowest BCUT2D eigenvalue weighted by Crippen LogP contribution is -2.46. The van der Waals surface area contributed by atoms with Gasteiger partial charge < -0.3 is 15.6 Å². The van der Waals surface area contributed by atoms with Gasteiger partial charge in [-0.25, -0.2) is 4.72 Å². The first-order valence-electron chi connectivity index (χ1n) is 5.74. The molecule has 0 spiro atoms. The second kappa shape index (κ2) is 7.00. The van der Waals surface area contributed by atoms with Gasteiger partial charge in [0.25, 0.3) is 10.2 Å². The number of rotatable bonds is 7. The second-order valence-electron chi connectivity index (χ2n) is 4.14. The molecule has 9 heteroatoms. The minimum Gasteiger partial charge on any atom is -0.480 e. The van der Waals surface area contributed by atoms with E-state index in [0.717, 1.165) is 0 Å². The molecule has 0 aromatic rings. The SMILES string of the molecule is NC(CCNS(=O)(=O)NC1CCOCC1)C(=O)O. The fourth-order valence-electron chi connectivity index (χ4n) is 1.55. The van der Waals surface area contributed by atoms with Crippen molar-refractivity contribution in [2.24, 2.45) is 5.73 Å². The highest BCUT2D eigenvalue weighted by molar-refractivity contribution is 7.87. The molecule has 1 aliphatic heterocycles. The van der Waals surface area contributed by atoms with Crippen LogP contribution >= 0.6 is 0 Å². The molecule has 0 bridgehead atoms. The van der Waals surface area contributed by atoms with E-state index in [1.165, 1.54) is 0 Å². The van der Waals surface area contributed by atoms with Gasteiger partial charge >= 0.3 is 5.97 Å². The van der Waals surface area contributed by atoms with Crippen LogP contribution in [0.25, 0.3) is 0 Å². The maximum absolute atomic E-state index is 11.6. The van der Waals surface area contributed by atoms with E-state index < -0.39 is 22.2 Å². The van der Waals surface area contributed by atoms with Gasteiger partial charge in [0.1, 0.15) is 6.04 Å². The number of hydrogen-bond donors (Lipinski definition) is 4. The van der Waals surface area contributed by atoms with Crippen molar-refractivity contribution in [1.29, 1.82) is 0 Å². The topological polar surface area (TPSA) is 131 Å². The van der Waals surface area contributed by atoms with Crippen molar-refractivity contribution in [2.75, 3.05) is 19.8 Å². The molecule has 18 heavy (non-hydrogen) atoms. The molecule has 8 nitrogen and oxygen atoms in total. The lowest BCUT2D eigenvalue weighted by atomic mass is 10.1. The summed E-state index contributed by atoms with van der Waals surface area (Å²) in [6.45, 7) is 1.07. The number of carbonyl (C=O) groups is 1. The van der Waals surface area contributed by atoms with Crippen LogP contribution in [0.5, 0.6) is 0 Å². The van der Waals surface area contributed by atoms with E-state index in [1.54, 1.807) is 0 Å². The second-order valence-corrected chi connectivity index (χ2v) is 5.67. The van der Waals surface area contributed by atoms with Gasteiger partial charge in [0.05, 0.1) is 0 Å². The fraction of sp³-hybridized carbons (Fsp3) is 0.889. The standard InChI is InChI=1S/C9H19N3O5S/c10-8(9(13)14)1-4-11-18(15,16)12-7-2-5-17-6-3-7/h7-8,11-12H,1-6,10H2,(H,13,14). The van der Waals surface area contributed by atoms with Crippen molar-refractivity contribution in [2.45, 2.75) is 31.3 Å². The molecule has 1 fully saturated rings. The first-order valence-corrected chi connectivity index (χ1v) is 7.22. The Labute approximate surface area is 106 Å². The zero-order valence-electron chi connectivity index (χ0n) is 9.96. The summed E-state index contributed by atoms with van der Waals surface area (Å²) in [5, 5.41) is 8.54. The summed E-state index contributed by atoms with van der Waals surface area (Å²) in [7, 11) is -3.61. The minimum atomic E-state index is -3.61. The number of ether oxygens (including phenoxy) is 1. The Kier molecular flexibility index (Phi) is 5.96. The minimum absolute atomic E-state index is 0.00792. The van der Waals surface area contributed by atoms with Crippen LogP contribution in [-0.2, 0) is 19.7 Å². The molecule has 0 aromatic heterocycles. The molecule has 0 saturated carbocycles. The van der Waals surface area contributed by atoms with E-state index in [0.29, 0.717) is 26.1 Å². The van der Waals surface area contributed by atoms with E-state index in [9.17, 15) is 13.2 Å². The predicted octanol–water partition coefficient (Wildman–Crippen LogP) is -1.61. The van der Waals surface area contributed by atoms with Crippen molar-refractivity contribution in [1.82, 2.24) is 9.44 Å². The molecule has 0 aliphatic carbocycles. The summed E-state index contributed by atoms with van der Waals surface area (Å²) in [4.78, 5) is 10.4. The quantitative estimate of drug-likeness (QED) is 0.444. The number of nitrogens with one attached hydrogen (secondary N) is 2. The lowest BCUT2D eigenvalue weighted by Gasteiger charge is -2.23. The number of carboxylic acid groups (broad SMARTS) is 1. The van der Waals surface area contributed by atoms with Gasteiger partial charge in [0.2, 0.25) is 0 Å². The maximum Gasteiger partial charge on any atom is 0.320 e. The van der Waals surface area contributed by atoms with Crippen molar-refractivity contribution in [3.8, 4) is 0 Å². The molecular formula is C9H19N3O5S. The van der Waals surface area contributed by atoms with Crippen molar-refractivity contribution >= 4 is 16.2 Å². The third-order valence-electron chi connectivity index (χ3n) is 2.61. The van der Waals surface area contributed by atoms with E-state index in [-0.39, 0.29) is 19.0 Å². The number of aliphatic carboxylic acids is 1. The average Bonchev–Trinajstić information content (AvgIpc) is 2.29. The molecule has 0 radical (unpaired) electrons. The van der Waals surface area contributed by atoms with E-state index in [1.807, 2.05) is 0 Å². The first-order chi connectivity index (χ1) is 8.41. The Morgan fingerprint density at radius 1 is 1.44 bits per heavy atom. The van der Waals surface area contributed by atoms with Gasteiger partial charge in [-0.15, -0.1) is 0 Å². The van der Waals surface area contributed by atoms with E-state index in [4.69, 9.17) is 15.6 Å². The molecule has 0 amide bonds. The largest absolute Gasteiger partial charge is 0.480 e. The van der Waals surface area contributed by atoms with Crippen LogP contribution in [0.4, 0.5) is 0 Å². The highest BCUT2D eigenvalue weighted by Gasteiger charge is 2.20. The summed E-state index contributed by atoms with van der Waals surface area (Å²) in [6.07, 6.45) is 1.31. The third kappa shape index (κ3) is 5.74. The summed E-state index contributed by atoms with van der Waals surface area (Å²) in [5.41, 5.74) is 5.26. The molecule has 1 heterocycles. The van der Waals surface area contributed by atoms with Gasteiger partial charge in [-0.05, 0) is 19.3 Å². The van der Waals surface area contributed by atoms with Crippen LogP contribution < -0.4 is 15.2 Å². The maximum atomic E-state index is 11.6. The highest BCUT2D eigenvalue weighted by atomic mass is 32.2. The molecule has 1 saturated heterocycles. The molecule has 0 aromatic carbocycles. The summed E-state index contributed by atoms with van der Waals surface area (Å²) in [5.74, 6) is -1.15. The van der Waals surface area contributed by atoms with Gasteiger partial charge in [0.15, 0.2) is 0 Å². The summed E-state index contributed by atoms with van der Waals surface area (Å²) < 4.78 is 33.1. The van der Waals surface area contributed by atoms with Crippen LogP contribution in [0.3, 0.4) is 0 Å². The number of nitrogens with two attached hydrogens (primary N) is 1. The normalized spacial score (nSPS) is 19.6. The fourth-order valence-corrected chi connectivity index (χ4v) is 2.69. The van der Waals surface area contributed by atoms with E-state index >= 15 is 0 Å². The molecule has 106 valence electrons. The molecule has 5 N–H and O–H groups in total. The monoisotopic (exact) mass is 281 g/mol. The Morgan fingerprint density at radius 2 is 2.06 bits per heavy atom. The highest BCUT2D eigenvalue weighted by Crippen LogP contribution is 2.06. The van der Waals surface area contributed by atoms with Crippen molar-refractivity contribution in [3.63, 3.8) is 0 Å². The molecule has 1 atom stereocenters. The molecule has 1 rings (SSSR count). The van der Waals surface area contributed by atoms with Crippen LogP contribution in [0.15, 0.2) is 0 Å². The average molecular weight is 281 g/mol. The van der Waals surface area contributed by atoms with Gasteiger partial charge in [-0.2, -0.15) is 13.1 Å². The van der Waals surface area contributed by atoms with E-state index in [2.05, 4.69) is 9.44 Å². The first kappa shape index (κ1) is 15.3. The Morgan fingerprint density at radius 3 is 2.61 bits per heavy atom. The Balaban J connectivity index is 2.28. The summed E-state index contributed by atoms with van der Waals surface area (Å²) in [6, 6.07) is -1.19. The van der Waals surface area contributed by atoms with Gasteiger partial charge in [-0.1, -0.05) is 0 Å². The Hall–Kier alpha value is -0.740. The van der Waals surface area contributed by atoms with Crippen molar-refractivity contribution in [3.05, 3.63) is 0 Å². The molecule has 1 aliphatic rings. The third-order valence-corrected chi connectivity index (χ3v) is 3.84. The number of carboxylic acids is 1. The number of hydrogen-bond acceptors (Lipinski definition) is 5. The lowest BCUT2D eigenvalue weighted by molar-refractivity contribution is -0.138. The van der Waals surface area contributed by atoms with Crippen LogP contribution in [0.2, 0.25) is 0 Å². The molecule has 1 unspecified atom stereocenters. The van der Waals surface area contributed by atoms with Crippen LogP contribution in [0, 0.1) is 0 Å². The van der Waals surface area contributed by atoms with Crippen molar-refractivity contribution < 1.29 is 23.1 Å². The predicted molar refractivity (Wildman–Crippen MR) is 64.1 cm³/mol. The zero-order valence-corrected chi connectivity index (χ0v) is 10.8. The van der Waals surface area contributed by atoms with Gasteiger partial charge in [0, 0.05) is 25.8 Å². The summed E-state index contributed by atoms with van der Waals surface area (Å²) >= 11 is 0. The van der Waals surface area contributed by atoms with Crippen LogP contribution in [-0.4, -0.2) is 51.3 Å².